The molecule has 1 rings (SSSR count). The van der Waals surface area contributed by atoms with Crippen LogP contribution in [0.5, 0.6) is 0 Å². The topological polar surface area (TPSA) is 79.6 Å². The van der Waals surface area contributed by atoms with Gasteiger partial charge in [-0.25, -0.2) is 0 Å². The van der Waals surface area contributed by atoms with Gasteiger partial charge in [0.1, 0.15) is 0 Å². The Bertz CT molecular complexity index is 506. The molecule has 136 valence electrons. The van der Waals surface area contributed by atoms with Crippen LogP contribution in [0, 0.1) is 10.1 Å². The summed E-state index contributed by atoms with van der Waals surface area (Å²) < 4.78 is 0. The summed E-state index contributed by atoms with van der Waals surface area (Å²) in [5.41, 5.74) is 1.27. The number of halogens is 1. The molecule has 0 amide bonds. The van der Waals surface area contributed by atoms with Crippen LogP contribution in [0.4, 0.5) is 5.69 Å². The van der Waals surface area contributed by atoms with E-state index in [9.17, 15) is 10.1 Å². The molecule has 0 aromatic heterocycles. The van der Waals surface area contributed by atoms with Gasteiger partial charge in [0.05, 0.1) is 4.92 Å². The summed E-state index contributed by atoms with van der Waals surface area (Å²) in [5, 5.41) is 17.2. The molecule has 0 aliphatic carbocycles. The highest BCUT2D eigenvalue weighted by Crippen LogP contribution is 2.13. The summed E-state index contributed by atoms with van der Waals surface area (Å²) in [6.45, 7) is 7.97. The quantitative estimate of drug-likeness (QED) is 0.150. The van der Waals surface area contributed by atoms with E-state index in [2.05, 4.69) is 36.4 Å². The molecule has 7 heteroatoms. The first-order valence-corrected chi connectivity index (χ1v) is 8.35. The minimum atomic E-state index is -0.370. The normalized spacial score (nSPS) is 12.2. The summed E-state index contributed by atoms with van der Waals surface area (Å²) in [6.07, 6.45) is 3.99. The molecule has 0 radical (unpaired) electrons. The summed E-state index contributed by atoms with van der Waals surface area (Å²) in [7, 11) is 0. The van der Waals surface area contributed by atoms with E-state index < -0.39 is 0 Å². The number of hydrogen-bond donors (Lipinski definition) is 2. The lowest BCUT2D eigenvalue weighted by molar-refractivity contribution is -0.384. The van der Waals surface area contributed by atoms with Crippen LogP contribution in [0.2, 0.25) is 0 Å². The number of guanidine groups is 1. The number of aliphatic imine (C=N–C) groups is 1. The number of nitro groups is 1. The Morgan fingerprint density at radius 3 is 2.46 bits per heavy atom. The van der Waals surface area contributed by atoms with Crippen LogP contribution in [-0.4, -0.2) is 30.0 Å². The lowest BCUT2D eigenvalue weighted by Gasteiger charge is -2.16. The fourth-order valence-electron chi connectivity index (χ4n) is 2.07. The first-order valence-electron chi connectivity index (χ1n) is 8.35. The molecule has 0 saturated carbocycles. The predicted octanol–water partition coefficient (Wildman–Crippen LogP) is 3.89. The second-order valence-electron chi connectivity index (χ2n) is 5.59. The highest BCUT2D eigenvalue weighted by atomic mass is 127. The van der Waals surface area contributed by atoms with E-state index in [-0.39, 0.29) is 34.6 Å². The lowest BCUT2D eigenvalue weighted by atomic mass is 10.1. The van der Waals surface area contributed by atoms with Gasteiger partial charge < -0.3 is 10.6 Å². The first kappa shape index (κ1) is 22.6. The van der Waals surface area contributed by atoms with Gasteiger partial charge in [0.15, 0.2) is 5.96 Å². The lowest BCUT2D eigenvalue weighted by Crippen LogP contribution is -2.42. The van der Waals surface area contributed by atoms with E-state index in [0.717, 1.165) is 50.3 Å². The van der Waals surface area contributed by atoms with Crippen molar-refractivity contribution in [3.05, 3.63) is 39.9 Å². The summed E-state index contributed by atoms with van der Waals surface area (Å²) >= 11 is 0. The fourth-order valence-corrected chi connectivity index (χ4v) is 2.07. The molecule has 0 heterocycles. The zero-order valence-electron chi connectivity index (χ0n) is 14.7. The molecule has 6 nitrogen and oxygen atoms in total. The molecule has 0 saturated heterocycles. The van der Waals surface area contributed by atoms with Gasteiger partial charge in [-0.1, -0.05) is 19.1 Å². The van der Waals surface area contributed by atoms with Crippen LogP contribution in [0.15, 0.2) is 29.3 Å². The molecule has 1 atom stereocenters. The molecule has 0 aliphatic rings. The maximum Gasteiger partial charge on any atom is 0.269 e. The van der Waals surface area contributed by atoms with Gasteiger partial charge in [0.25, 0.3) is 5.69 Å². The Morgan fingerprint density at radius 2 is 1.92 bits per heavy atom. The van der Waals surface area contributed by atoms with E-state index in [1.165, 1.54) is 0 Å². The number of aryl methyl sites for hydroxylation is 1. The first-order chi connectivity index (χ1) is 11.1. The van der Waals surface area contributed by atoms with Gasteiger partial charge in [-0.15, -0.1) is 24.0 Å². The van der Waals surface area contributed by atoms with Gasteiger partial charge >= 0.3 is 0 Å². The van der Waals surface area contributed by atoms with E-state index in [0.29, 0.717) is 6.04 Å². The molecule has 0 bridgehead atoms. The molecule has 0 spiro atoms. The largest absolute Gasteiger partial charge is 0.357 e. The van der Waals surface area contributed by atoms with E-state index in [1.54, 1.807) is 12.1 Å². The van der Waals surface area contributed by atoms with Crippen LogP contribution in [0.3, 0.4) is 0 Å². The van der Waals surface area contributed by atoms with Gasteiger partial charge in [-0.05, 0) is 45.1 Å². The van der Waals surface area contributed by atoms with E-state index >= 15 is 0 Å². The van der Waals surface area contributed by atoms with Gasteiger partial charge in [0, 0.05) is 31.3 Å². The van der Waals surface area contributed by atoms with Gasteiger partial charge in [-0.3, -0.25) is 15.1 Å². The Morgan fingerprint density at radius 1 is 1.25 bits per heavy atom. The zero-order valence-corrected chi connectivity index (χ0v) is 17.1. The SMILES string of the molecule is CCNC(=NCCCCc1ccc([N+](=O)[O-])cc1)NC(C)CC.I. The molecule has 1 aromatic carbocycles. The molecular formula is C17H29IN4O2. The number of unbranched alkanes of at least 4 members (excludes halogenated alkanes) is 1. The maximum absolute atomic E-state index is 10.6. The van der Waals surface area contributed by atoms with Gasteiger partial charge in [0.2, 0.25) is 0 Å². The molecule has 0 fully saturated rings. The molecule has 1 unspecified atom stereocenters. The number of benzene rings is 1. The minimum Gasteiger partial charge on any atom is -0.357 e. The average molecular weight is 448 g/mol. The molecule has 2 N–H and O–H groups in total. The summed E-state index contributed by atoms with van der Waals surface area (Å²) in [6, 6.07) is 7.19. The van der Waals surface area contributed by atoms with E-state index in [4.69, 9.17) is 0 Å². The van der Waals surface area contributed by atoms with Crippen molar-refractivity contribution in [3.63, 3.8) is 0 Å². The van der Waals surface area contributed by atoms with E-state index in [1.807, 2.05) is 12.1 Å². The second-order valence-corrected chi connectivity index (χ2v) is 5.59. The Balaban J connectivity index is 0.00000529. The highest BCUT2D eigenvalue weighted by Gasteiger charge is 2.04. The number of non-ortho nitro benzene ring substituents is 1. The number of nitrogens with zero attached hydrogens (tertiary/aromatic N) is 2. The minimum absolute atomic E-state index is 0. The number of nitro benzene ring substituents is 1. The van der Waals surface area contributed by atoms with Crippen molar-refractivity contribution in [3.8, 4) is 0 Å². The van der Waals surface area contributed by atoms with Crippen molar-refractivity contribution in [2.75, 3.05) is 13.1 Å². The van der Waals surface area contributed by atoms with Crippen molar-refractivity contribution >= 4 is 35.6 Å². The standard InChI is InChI=1S/C17H28N4O2.HI/c1-4-14(3)20-17(18-5-2)19-13-7-6-8-15-9-11-16(12-10-15)21(22)23;/h9-12,14H,4-8,13H2,1-3H3,(H2,18,19,20);1H. The third kappa shape index (κ3) is 9.05. The Kier molecular flexibility index (Phi) is 12.2. The summed E-state index contributed by atoms with van der Waals surface area (Å²) in [5.74, 6) is 0.872. The van der Waals surface area contributed by atoms with Crippen LogP contribution in [-0.2, 0) is 6.42 Å². The van der Waals surface area contributed by atoms with Gasteiger partial charge in [-0.2, -0.15) is 0 Å². The molecular weight excluding hydrogens is 419 g/mol. The molecule has 1 aromatic rings. The predicted molar refractivity (Wildman–Crippen MR) is 110 cm³/mol. The Labute approximate surface area is 161 Å². The fraction of sp³-hybridized carbons (Fsp3) is 0.588. The highest BCUT2D eigenvalue weighted by molar-refractivity contribution is 14.0. The van der Waals surface area contributed by atoms with Crippen LogP contribution < -0.4 is 10.6 Å². The number of rotatable bonds is 9. The van der Waals surface area contributed by atoms with Crippen molar-refractivity contribution in [1.29, 1.82) is 0 Å². The number of nitrogens with one attached hydrogen (secondary N) is 2. The zero-order chi connectivity index (χ0) is 17.1. The van der Waals surface area contributed by atoms with Crippen LogP contribution >= 0.6 is 24.0 Å². The maximum atomic E-state index is 10.6. The second kappa shape index (κ2) is 13.0. The van der Waals surface area contributed by atoms with Crippen LogP contribution in [0.1, 0.15) is 45.6 Å². The number of hydrogen-bond acceptors (Lipinski definition) is 3. The van der Waals surface area contributed by atoms with Crippen molar-refractivity contribution in [2.24, 2.45) is 4.99 Å². The van der Waals surface area contributed by atoms with Crippen molar-refractivity contribution < 1.29 is 4.92 Å². The monoisotopic (exact) mass is 448 g/mol. The third-order valence-electron chi connectivity index (χ3n) is 3.63. The Hall–Kier alpha value is -1.38. The molecule has 24 heavy (non-hydrogen) atoms. The average Bonchev–Trinajstić information content (AvgIpc) is 2.54. The van der Waals surface area contributed by atoms with Crippen molar-refractivity contribution in [2.45, 2.75) is 52.5 Å². The third-order valence-corrected chi connectivity index (χ3v) is 3.63. The molecule has 0 aliphatic heterocycles. The smallest absolute Gasteiger partial charge is 0.269 e. The summed E-state index contributed by atoms with van der Waals surface area (Å²) in [4.78, 5) is 14.8. The van der Waals surface area contributed by atoms with Crippen LogP contribution in [0.25, 0.3) is 0 Å². The van der Waals surface area contributed by atoms with Crippen molar-refractivity contribution in [1.82, 2.24) is 10.6 Å².